The molecule has 0 radical (unpaired) electrons. The van der Waals surface area contributed by atoms with Gasteiger partial charge in [0.25, 0.3) is 0 Å². The Kier molecular flexibility index (Phi) is 5.00. The van der Waals surface area contributed by atoms with Crippen LogP contribution < -0.4 is 10.1 Å². The van der Waals surface area contributed by atoms with Gasteiger partial charge in [0.1, 0.15) is 0 Å². The van der Waals surface area contributed by atoms with Crippen LogP contribution in [0.5, 0.6) is 5.75 Å². The monoisotopic (exact) mass is 281 g/mol. The van der Waals surface area contributed by atoms with Gasteiger partial charge < -0.3 is 15.2 Å². The zero-order valence-corrected chi connectivity index (χ0v) is 12.3. The molecule has 0 unspecified atom stereocenters. The molecule has 0 aliphatic heterocycles. The maximum atomic E-state index is 14.1. The molecule has 0 amide bonds. The maximum absolute atomic E-state index is 14.1. The molecule has 2 N–H and O–H groups in total. The lowest BCUT2D eigenvalue weighted by Gasteiger charge is -2.36. The van der Waals surface area contributed by atoms with Gasteiger partial charge in [-0.1, -0.05) is 19.1 Å². The van der Waals surface area contributed by atoms with Gasteiger partial charge in [0.15, 0.2) is 11.6 Å². The molecule has 0 atom stereocenters. The van der Waals surface area contributed by atoms with Crippen LogP contribution in [-0.2, 0) is 6.42 Å². The summed E-state index contributed by atoms with van der Waals surface area (Å²) in [5, 5.41) is 14.1. The van der Waals surface area contributed by atoms with Gasteiger partial charge in [-0.15, -0.1) is 0 Å². The standard InChI is InChI=1S/C16H24FNO2/c1-3-18-13-7-9-16(19,10-8-13)11-12-5-4-6-14(20-2)15(12)17/h4-6,13,18-19H,3,7-11H2,1-2H3. The molecule has 1 fully saturated rings. The molecule has 0 aromatic heterocycles. The second kappa shape index (κ2) is 6.55. The highest BCUT2D eigenvalue weighted by Gasteiger charge is 2.34. The lowest BCUT2D eigenvalue weighted by Crippen LogP contribution is -2.42. The topological polar surface area (TPSA) is 41.5 Å². The first-order chi connectivity index (χ1) is 9.58. The second-order valence-corrected chi connectivity index (χ2v) is 5.67. The van der Waals surface area contributed by atoms with Crippen LogP contribution in [0.3, 0.4) is 0 Å². The average molecular weight is 281 g/mol. The van der Waals surface area contributed by atoms with E-state index in [1.54, 1.807) is 18.2 Å². The van der Waals surface area contributed by atoms with E-state index >= 15 is 0 Å². The third-order valence-corrected chi connectivity index (χ3v) is 4.19. The molecule has 2 rings (SSSR count). The molecular weight excluding hydrogens is 257 g/mol. The zero-order valence-electron chi connectivity index (χ0n) is 12.3. The van der Waals surface area contributed by atoms with Crippen LogP contribution in [0.15, 0.2) is 18.2 Å². The van der Waals surface area contributed by atoms with Crippen LogP contribution in [-0.4, -0.2) is 30.4 Å². The minimum Gasteiger partial charge on any atom is -0.494 e. The van der Waals surface area contributed by atoms with Crippen molar-refractivity contribution in [2.45, 2.75) is 50.7 Å². The summed E-state index contributed by atoms with van der Waals surface area (Å²) in [7, 11) is 1.46. The van der Waals surface area contributed by atoms with Crippen molar-refractivity contribution in [3.8, 4) is 5.75 Å². The quantitative estimate of drug-likeness (QED) is 0.872. The zero-order chi connectivity index (χ0) is 14.6. The van der Waals surface area contributed by atoms with E-state index in [0.29, 0.717) is 30.9 Å². The molecule has 4 heteroatoms. The maximum Gasteiger partial charge on any atom is 0.168 e. The van der Waals surface area contributed by atoms with Crippen molar-refractivity contribution < 1.29 is 14.2 Å². The van der Waals surface area contributed by atoms with E-state index in [0.717, 1.165) is 19.4 Å². The van der Waals surface area contributed by atoms with E-state index < -0.39 is 5.60 Å². The fourth-order valence-electron chi connectivity index (χ4n) is 3.03. The number of ether oxygens (including phenoxy) is 1. The smallest absolute Gasteiger partial charge is 0.168 e. The highest BCUT2D eigenvalue weighted by Crippen LogP contribution is 2.33. The minimum absolute atomic E-state index is 0.243. The van der Waals surface area contributed by atoms with E-state index in [9.17, 15) is 9.50 Å². The Bertz CT molecular complexity index is 442. The minimum atomic E-state index is -0.793. The van der Waals surface area contributed by atoms with Crippen molar-refractivity contribution in [1.29, 1.82) is 0 Å². The van der Waals surface area contributed by atoms with E-state index in [2.05, 4.69) is 12.2 Å². The Labute approximate surface area is 120 Å². The van der Waals surface area contributed by atoms with Crippen LogP contribution in [0.4, 0.5) is 4.39 Å². The Morgan fingerprint density at radius 2 is 2.10 bits per heavy atom. The molecule has 1 aliphatic carbocycles. The number of hydrogen-bond acceptors (Lipinski definition) is 3. The van der Waals surface area contributed by atoms with E-state index in [1.807, 2.05) is 0 Å². The SMILES string of the molecule is CCNC1CCC(O)(Cc2cccc(OC)c2F)CC1. The largest absolute Gasteiger partial charge is 0.494 e. The van der Waals surface area contributed by atoms with Crippen molar-refractivity contribution in [1.82, 2.24) is 5.32 Å². The summed E-state index contributed by atoms with van der Waals surface area (Å²) in [6.45, 7) is 3.04. The van der Waals surface area contributed by atoms with Crippen LogP contribution >= 0.6 is 0 Å². The summed E-state index contributed by atoms with van der Waals surface area (Å²) in [4.78, 5) is 0. The fourth-order valence-corrected chi connectivity index (χ4v) is 3.03. The van der Waals surface area contributed by atoms with Gasteiger partial charge >= 0.3 is 0 Å². The first kappa shape index (κ1) is 15.3. The molecule has 0 bridgehead atoms. The fraction of sp³-hybridized carbons (Fsp3) is 0.625. The normalized spacial score (nSPS) is 26.5. The van der Waals surface area contributed by atoms with Gasteiger partial charge in [0.2, 0.25) is 0 Å². The molecule has 0 spiro atoms. The van der Waals surface area contributed by atoms with Crippen molar-refractivity contribution >= 4 is 0 Å². The lowest BCUT2D eigenvalue weighted by atomic mass is 9.78. The van der Waals surface area contributed by atoms with E-state index in [-0.39, 0.29) is 11.6 Å². The molecular formula is C16H24FNO2. The van der Waals surface area contributed by atoms with Gasteiger partial charge in [-0.3, -0.25) is 0 Å². The Hall–Kier alpha value is -1.13. The third kappa shape index (κ3) is 3.49. The predicted octanol–water partition coefficient (Wildman–Crippen LogP) is 2.66. The average Bonchev–Trinajstić information content (AvgIpc) is 2.44. The van der Waals surface area contributed by atoms with Crippen LogP contribution in [0, 0.1) is 5.82 Å². The molecule has 0 heterocycles. The number of benzene rings is 1. The van der Waals surface area contributed by atoms with Crippen LogP contribution in [0.1, 0.15) is 38.2 Å². The summed E-state index contributed by atoms with van der Waals surface area (Å²) >= 11 is 0. The molecule has 1 aliphatic rings. The number of halogens is 1. The van der Waals surface area contributed by atoms with Gasteiger partial charge in [0.05, 0.1) is 12.7 Å². The van der Waals surface area contributed by atoms with Crippen LogP contribution in [0.25, 0.3) is 0 Å². The molecule has 1 aromatic rings. The van der Waals surface area contributed by atoms with Crippen LogP contribution in [0.2, 0.25) is 0 Å². The van der Waals surface area contributed by atoms with Gasteiger partial charge in [-0.2, -0.15) is 0 Å². The van der Waals surface area contributed by atoms with Crippen molar-refractivity contribution in [3.63, 3.8) is 0 Å². The first-order valence-corrected chi connectivity index (χ1v) is 7.35. The number of nitrogens with one attached hydrogen (secondary N) is 1. The predicted molar refractivity (Wildman–Crippen MR) is 77.5 cm³/mol. The molecule has 3 nitrogen and oxygen atoms in total. The number of hydrogen-bond donors (Lipinski definition) is 2. The number of rotatable bonds is 5. The summed E-state index contributed by atoms with van der Waals surface area (Å²) in [6.07, 6.45) is 3.66. The van der Waals surface area contributed by atoms with Crippen molar-refractivity contribution in [2.24, 2.45) is 0 Å². The van der Waals surface area contributed by atoms with Gasteiger partial charge in [0, 0.05) is 12.5 Å². The Morgan fingerprint density at radius 3 is 2.70 bits per heavy atom. The molecule has 1 aromatic carbocycles. The first-order valence-electron chi connectivity index (χ1n) is 7.35. The summed E-state index contributed by atoms with van der Waals surface area (Å²) in [5.74, 6) is -0.107. The molecule has 0 saturated heterocycles. The van der Waals surface area contributed by atoms with Gasteiger partial charge in [-0.05, 0) is 43.9 Å². The van der Waals surface area contributed by atoms with Crippen molar-refractivity contribution in [2.75, 3.05) is 13.7 Å². The number of aliphatic hydroxyl groups is 1. The lowest BCUT2D eigenvalue weighted by molar-refractivity contribution is -0.00365. The Morgan fingerprint density at radius 1 is 1.40 bits per heavy atom. The summed E-state index contributed by atoms with van der Waals surface area (Å²) < 4.78 is 19.1. The van der Waals surface area contributed by atoms with E-state index in [4.69, 9.17) is 4.74 Å². The highest BCUT2D eigenvalue weighted by atomic mass is 19.1. The summed E-state index contributed by atoms with van der Waals surface area (Å²) in [5.41, 5.74) is -0.257. The molecule has 20 heavy (non-hydrogen) atoms. The third-order valence-electron chi connectivity index (χ3n) is 4.19. The van der Waals surface area contributed by atoms with Gasteiger partial charge in [-0.25, -0.2) is 4.39 Å². The van der Waals surface area contributed by atoms with E-state index in [1.165, 1.54) is 7.11 Å². The summed E-state index contributed by atoms with van der Waals surface area (Å²) in [6, 6.07) is 5.58. The molecule has 112 valence electrons. The number of methoxy groups -OCH3 is 1. The second-order valence-electron chi connectivity index (χ2n) is 5.67. The Balaban J connectivity index is 2.03. The van der Waals surface area contributed by atoms with Crippen molar-refractivity contribution in [3.05, 3.63) is 29.6 Å². The highest BCUT2D eigenvalue weighted by molar-refractivity contribution is 5.32. The molecule has 1 saturated carbocycles.